The van der Waals surface area contributed by atoms with E-state index >= 15 is 0 Å². The molecule has 2 heterocycles. The number of aryl methyl sites for hydroxylation is 1. The summed E-state index contributed by atoms with van der Waals surface area (Å²) in [5.41, 5.74) is -0.493. The van der Waals surface area contributed by atoms with E-state index in [1.165, 1.54) is 32.2 Å². The number of sulfonamides is 1. The van der Waals surface area contributed by atoms with E-state index in [-0.39, 0.29) is 34.3 Å². The Morgan fingerprint density at radius 1 is 1.06 bits per heavy atom. The number of amides is 2. The Balaban J connectivity index is 0.000000257. The van der Waals surface area contributed by atoms with Gasteiger partial charge in [-0.2, -0.15) is 19.6 Å². The van der Waals surface area contributed by atoms with Crippen LogP contribution >= 0.6 is 23.2 Å². The van der Waals surface area contributed by atoms with Crippen molar-refractivity contribution in [3.63, 3.8) is 0 Å². The van der Waals surface area contributed by atoms with Crippen molar-refractivity contribution in [3.05, 3.63) is 74.3 Å². The molecule has 0 unspecified atom stereocenters. The number of carbonyl (C=O) groups is 2. The van der Waals surface area contributed by atoms with Crippen molar-refractivity contribution in [1.82, 2.24) is 29.5 Å². The van der Waals surface area contributed by atoms with Crippen LogP contribution in [0.5, 0.6) is 11.8 Å². The lowest BCUT2D eigenvalue weighted by Crippen LogP contribution is -2.35. The molecule has 252 valence electrons. The summed E-state index contributed by atoms with van der Waals surface area (Å²) in [7, 11) is -3.11. The number of carbonyl (C=O) groups excluding carboxylic acids is 1. The quantitative estimate of drug-likeness (QED) is 0.228. The number of halogens is 2. The van der Waals surface area contributed by atoms with Gasteiger partial charge in [-0.3, -0.25) is 5.32 Å². The van der Waals surface area contributed by atoms with Crippen LogP contribution in [0.2, 0.25) is 10.0 Å². The second kappa shape index (κ2) is 14.8. The lowest BCUT2D eigenvalue weighted by Gasteiger charge is -2.13. The Bertz CT molecular complexity index is 1960. The highest BCUT2D eigenvalue weighted by molar-refractivity contribution is 7.90. The summed E-state index contributed by atoms with van der Waals surface area (Å²) in [6.07, 6.45) is -0.0642. The number of anilines is 1. The van der Waals surface area contributed by atoms with E-state index in [2.05, 4.69) is 25.4 Å². The maximum absolute atomic E-state index is 12.2. The number of methoxy groups -OCH3 is 1. The molecule has 4 rings (SSSR count). The van der Waals surface area contributed by atoms with Gasteiger partial charge in [0.1, 0.15) is 16.5 Å². The molecule has 0 fully saturated rings. The average molecular weight is 713 g/mol. The largest absolute Gasteiger partial charge is 0.489 e. The molecule has 0 spiro atoms. The van der Waals surface area contributed by atoms with Crippen LogP contribution in [0, 0.1) is 6.92 Å². The van der Waals surface area contributed by atoms with Gasteiger partial charge in [0.25, 0.3) is 10.0 Å². The number of carboxylic acids is 1. The summed E-state index contributed by atoms with van der Waals surface area (Å²) in [5.74, 6) is -1.29. The van der Waals surface area contributed by atoms with Crippen molar-refractivity contribution < 1.29 is 37.0 Å². The number of benzene rings is 2. The molecule has 0 bridgehead atoms. The van der Waals surface area contributed by atoms with Gasteiger partial charge < -0.3 is 19.0 Å². The molecular formula is C28H31Cl2N7O9S. The van der Waals surface area contributed by atoms with E-state index in [1.807, 2.05) is 34.6 Å². The molecule has 19 heteroatoms. The zero-order chi connectivity index (χ0) is 35.3. The van der Waals surface area contributed by atoms with Gasteiger partial charge in [0.2, 0.25) is 11.8 Å². The molecule has 0 radical (unpaired) electrons. The van der Waals surface area contributed by atoms with Gasteiger partial charge in [0, 0.05) is 11.5 Å². The van der Waals surface area contributed by atoms with Crippen LogP contribution in [-0.2, 0) is 15.4 Å². The highest BCUT2D eigenvalue weighted by Crippen LogP contribution is 2.33. The molecule has 0 aliphatic heterocycles. The molecular weight excluding hydrogens is 681 g/mol. The Labute approximate surface area is 279 Å². The maximum Gasteiger partial charge on any atom is 0.442 e. The standard InChI is InChI=1S/C15H18Cl2N2O3.C13H13N5O6S/c1-8(2)21-12-7-11(9(16)6-10(12)17)19-14(20)22-13(18-19)15(3,4)5;1-7-14-11(17-13(15-7)24-2)16-12(21)18-25(22,23)9-6-4-3-5-8(9)10(19)20/h6-8H,1-5H3;3-6H,1-2H3,(H,19,20)(H2,14,15,16,17,18,21). The molecule has 0 aliphatic carbocycles. The van der Waals surface area contributed by atoms with Gasteiger partial charge in [0.05, 0.1) is 34.5 Å². The third kappa shape index (κ3) is 9.63. The van der Waals surface area contributed by atoms with Crippen molar-refractivity contribution in [2.75, 3.05) is 12.4 Å². The number of carboxylic acid groups (broad SMARTS) is 1. The first-order valence-electron chi connectivity index (χ1n) is 13.5. The fourth-order valence-corrected chi connectivity index (χ4v) is 5.16. The number of nitrogens with one attached hydrogen (secondary N) is 2. The Morgan fingerprint density at radius 3 is 2.30 bits per heavy atom. The fourth-order valence-electron chi connectivity index (χ4n) is 3.54. The van der Waals surface area contributed by atoms with Crippen LogP contribution in [0.25, 0.3) is 5.69 Å². The minimum Gasteiger partial charge on any atom is -0.489 e. The van der Waals surface area contributed by atoms with Crippen molar-refractivity contribution in [3.8, 4) is 17.4 Å². The lowest BCUT2D eigenvalue weighted by atomic mass is 9.97. The summed E-state index contributed by atoms with van der Waals surface area (Å²) in [5, 5.41) is 16.0. The number of aromatic carboxylic acids is 1. The summed E-state index contributed by atoms with van der Waals surface area (Å²) >= 11 is 12.3. The molecule has 4 aromatic rings. The van der Waals surface area contributed by atoms with E-state index in [0.717, 1.165) is 16.8 Å². The maximum atomic E-state index is 12.2. The second-order valence-corrected chi connectivity index (χ2v) is 13.3. The molecule has 2 amide bonds. The first kappa shape index (κ1) is 36.7. The van der Waals surface area contributed by atoms with E-state index in [4.69, 9.17) is 42.2 Å². The summed E-state index contributed by atoms with van der Waals surface area (Å²) in [6, 6.07) is 6.73. The zero-order valence-electron chi connectivity index (χ0n) is 26.2. The predicted molar refractivity (Wildman–Crippen MR) is 170 cm³/mol. The van der Waals surface area contributed by atoms with Crippen LogP contribution in [0.1, 0.15) is 56.7 Å². The minimum atomic E-state index is -4.43. The molecule has 47 heavy (non-hydrogen) atoms. The number of aromatic nitrogens is 5. The number of ether oxygens (including phenoxy) is 2. The van der Waals surface area contributed by atoms with Crippen LogP contribution in [0.4, 0.5) is 10.7 Å². The van der Waals surface area contributed by atoms with Gasteiger partial charge in [0.15, 0.2) is 0 Å². The SMILES string of the molecule is CC(C)Oc1cc(-n2nc(C(C)(C)C)oc2=O)c(Cl)cc1Cl.COc1nc(C)nc(NC(=O)NS(=O)(=O)c2ccccc2C(=O)O)n1. The van der Waals surface area contributed by atoms with Crippen LogP contribution in [0.3, 0.4) is 0 Å². The molecule has 16 nitrogen and oxygen atoms in total. The number of hydrogen-bond acceptors (Lipinski definition) is 12. The van der Waals surface area contributed by atoms with Gasteiger partial charge >= 0.3 is 23.8 Å². The lowest BCUT2D eigenvalue weighted by molar-refractivity contribution is 0.0692. The predicted octanol–water partition coefficient (Wildman–Crippen LogP) is 4.61. The highest BCUT2D eigenvalue weighted by atomic mass is 35.5. The first-order valence-corrected chi connectivity index (χ1v) is 15.8. The number of rotatable bonds is 8. The van der Waals surface area contributed by atoms with Crippen LogP contribution in [0.15, 0.2) is 50.5 Å². The van der Waals surface area contributed by atoms with Gasteiger partial charge in [-0.1, -0.05) is 56.1 Å². The molecule has 0 aliphatic rings. The fraction of sp³-hybridized carbons (Fsp3) is 0.321. The topological polar surface area (TPSA) is 218 Å². The molecule has 0 atom stereocenters. The zero-order valence-corrected chi connectivity index (χ0v) is 28.5. The third-order valence-corrected chi connectivity index (χ3v) is 7.54. The van der Waals surface area contributed by atoms with E-state index in [0.29, 0.717) is 22.4 Å². The van der Waals surface area contributed by atoms with Gasteiger partial charge in [-0.15, -0.1) is 5.10 Å². The molecule has 0 saturated carbocycles. The third-order valence-electron chi connectivity index (χ3n) is 5.55. The van der Waals surface area contributed by atoms with Crippen molar-refractivity contribution in [1.29, 1.82) is 0 Å². The Kier molecular flexibility index (Phi) is 11.6. The van der Waals surface area contributed by atoms with Gasteiger partial charge in [-0.05, 0) is 39.0 Å². The second-order valence-electron chi connectivity index (χ2n) is 10.8. The van der Waals surface area contributed by atoms with Crippen molar-refractivity contribution >= 4 is 51.2 Å². The number of hydrogen-bond donors (Lipinski definition) is 3. The molecule has 2 aromatic heterocycles. The summed E-state index contributed by atoms with van der Waals surface area (Å²) < 4.78 is 42.9. The first-order chi connectivity index (χ1) is 21.8. The summed E-state index contributed by atoms with van der Waals surface area (Å²) in [6.45, 7) is 11.0. The molecule has 3 N–H and O–H groups in total. The Hall–Kier alpha value is -4.74. The Morgan fingerprint density at radius 2 is 1.72 bits per heavy atom. The molecule has 2 aromatic carbocycles. The monoisotopic (exact) mass is 711 g/mol. The highest BCUT2D eigenvalue weighted by Gasteiger charge is 2.25. The van der Waals surface area contributed by atoms with Crippen molar-refractivity contribution in [2.45, 2.75) is 58.0 Å². The minimum absolute atomic E-state index is 0.0642. The van der Waals surface area contributed by atoms with Crippen LogP contribution < -0.4 is 25.3 Å². The number of urea groups is 1. The van der Waals surface area contributed by atoms with E-state index in [1.54, 1.807) is 10.8 Å². The van der Waals surface area contributed by atoms with Crippen molar-refractivity contribution in [2.24, 2.45) is 0 Å². The van der Waals surface area contributed by atoms with E-state index in [9.17, 15) is 22.8 Å². The normalized spacial score (nSPS) is 11.4. The van der Waals surface area contributed by atoms with Crippen LogP contribution in [-0.4, -0.2) is 63.5 Å². The smallest absolute Gasteiger partial charge is 0.442 e. The van der Waals surface area contributed by atoms with Gasteiger partial charge in [-0.25, -0.2) is 27.5 Å². The molecule has 0 saturated heterocycles. The average Bonchev–Trinajstić information content (AvgIpc) is 3.35. The number of nitrogens with zero attached hydrogens (tertiary/aromatic N) is 5. The van der Waals surface area contributed by atoms with E-state index < -0.39 is 38.2 Å². The summed E-state index contributed by atoms with van der Waals surface area (Å²) in [4.78, 5) is 45.9.